The number of thiophene rings is 1. The van der Waals surface area contributed by atoms with Crippen LogP contribution in [-0.2, 0) is 11.3 Å². The van der Waals surface area contributed by atoms with Crippen molar-refractivity contribution in [3.8, 4) is 0 Å². The summed E-state index contributed by atoms with van der Waals surface area (Å²) in [6.45, 7) is 3.49. The molecular weight excluding hydrogens is 404 g/mol. The van der Waals surface area contributed by atoms with Gasteiger partial charge in [0.2, 0.25) is 0 Å². The molecule has 1 aromatic carbocycles. The molecule has 2 aromatic rings. The molecule has 3 rings (SSSR count). The summed E-state index contributed by atoms with van der Waals surface area (Å²) in [5, 5.41) is 0.921. The summed E-state index contributed by atoms with van der Waals surface area (Å²) in [6.07, 6.45) is 0. The van der Waals surface area contributed by atoms with E-state index < -0.39 is 0 Å². The van der Waals surface area contributed by atoms with Gasteiger partial charge >= 0.3 is 0 Å². The summed E-state index contributed by atoms with van der Waals surface area (Å²) in [7, 11) is 0. The number of morpholine rings is 1. The van der Waals surface area contributed by atoms with Crippen molar-refractivity contribution in [1.82, 2.24) is 4.90 Å². The molecule has 0 amide bonds. The monoisotopic (exact) mass is 421 g/mol. The molecule has 1 aliphatic rings. The van der Waals surface area contributed by atoms with Gasteiger partial charge < -0.3 is 15.4 Å². The highest BCUT2D eigenvalue weighted by Gasteiger charge is 2.12. The molecule has 0 saturated carbocycles. The molecule has 0 aliphatic carbocycles. The summed E-state index contributed by atoms with van der Waals surface area (Å²) in [4.78, 5) is 7.53. The van der Waals surface area contributed by atoms with Crippen molar-refractivity contribution in [3.63, 3.8) is 0 Å². The second kappa shape index (κ2) is 7.37. The van der Waals surface area contributed by atoms with Crippen molar-refractivity contribution in [1.29, 1.82) is 0 Å². The number of nitrogens with zero attached hydrogens (tertiary/aromatic N) is 2. The Morgan fingerprint density at radius 1 is 1.33 bits per heavy atom. The first-order valence-electron chi connectivity index (χ1n) is 6.53. The first-order chi connectivity index (χ1) is 9.72. The summed E-state index contributed by atoms with van der Waals surface area (Å²) in [6, 6.07) is 6.80. The van der Waals surface area contributed by atoms with Crippen molar-refractivity contribution < 1.29 is 9.13 Å². The van der Waals surface area contributed by atoms with Gasteiger partial charge in [-0.15, -0.1) is 35.3 Å². The molecule has 0 unspecified atom stereocenters. The van der Waals surface area contributed by atoms with Crippen LogP contribution in [0.1, 0.15) is 4.88 Å². The van der Waals surface area contributed by atoms with E-state index in [9.17, 15) is 4.39 Å². The van der Waals surface area contributed by atoms with Crippen LogP contribution in [0.2, 0.25) is 0 Å². The van der Waals surface area contributed by atoms with Gasteiger partial charge in [-0.1, -0.05) is 0 Å². The highest BCUT2D eigenvalue weighted by atomic mass is 127. The third kappa shape index (κ3) is 4.04. The predicted octanol–water partition coefficient (Wildman–Crippen LogP) is 2.81. The van der Waals surface area contributed by atoms with Gasteiger partial charge in [-0.05, 0) is 29.7 Å². The van der Waals surface area contributed by atoms with Crippen molar-refractivity contribution >= 4 is 51.4 Å². The molecule has 1 fully saturated rings. The van der Waals surface area contributed by atoms with Gasteiger partial charge in [-0.3, -0.25) is 0 Å². The number of halogens is 2. The van der Waals surface area contributed by atoms with Crippen LogP contribution in [0.5, 0.6) is 0 Å². The number of guanidine groups is 1. The van der Waals surface area contributed by atoms with Gasteiger partial charge in [0.15, 0.2) is 5.96 Å². The second-order valence-corrected chi connectivity index (χ2v) is 5.84. The van der Waals surface area contributed by atoms with Crippen LogP contribution >= 0.6 is 35.3 Å². The Labute approximate surface area is 143 Å². The van der Waals surface area contributed by atoms with Crippen LogP contribution in [0.3, 0.4) is 0 Å². The van der Waals surface area contributed by atoms with Gasteiger partial charge in [0.25, 0.3) is 0 Å². The topological polar surface area (TPSA) is 50.8 Å². The number of aliphatic imine (C=N–C) groups is 1. The van der Waals surface area contributed by atoms with E-state index in [2.05, 4.69) is 4.99 Å². The fourth-order valence-electron chi connectivity index (χ4n) is 2.20. The fraction of sp³-hybridized carbons (Fsp3) is 0.357. The number of hydrogen-bond acceptors (Lipinski definition) is 3. The highest BCUT2D eigenvalue weighted by molar-refractivity contribution is 14.0. The average molecular weight is 421 g/mol. The average Bonchev–Trinajstić information content (AvgIpc) is 2.87. The normalized spacial score (nSPS) is 16.0. The lowest BCUT2D eigenvalue weighted by Crippen LogP contribution is -2.44. The number of hydrogen-bond donors (Lipinski definition) is 1. The molecule has 114 valence electrons. The minimum Gasteiger partial charge on any atom is -0.378 e. The van der Waals surface area contributed by atoms with Crippen molar-refractivity contribution in [2.24, 2.45) is 10.7 Å². The first-order valence-corrected chi connectivity index (χ1v) is 7.34. The Morgan fingerprint density at radius 3 is 2.86 bits per heavy atom. The SMILES string of the molecule is I.NC(=NCc1cc2cc(F)ccc2s1)N1CCOCC1. The van der Waals surface area contributed by atoms with Gasteiger partial charge in [-0.2, -0.15) is 0 Å². The predicted molar refractivity (Wildman–Crippen MR) is 94.9 cm³/mol. The smallest absolute Gasteiger partial charge is 0.191 e. The van der Waals surface area contributed by atoms with Crippen LogP contribution in [0.15, 0.2) is 29.3 Å². The molecule has 0 radical (unpaired) electrons. The maximum Gasteiger partial charge on any atom is 0.191 e. The van der Waals surface area contributed by atoms with E-state index in [4.69, 9.17) is 10.5 Å². The zero-order valence-electron chi connectivity index (χ0n) is 11.4. The lowest BCUT2D eigenvalue weighted by atomic mass is 10.2. The van der Waals surface area contributed by atoms with Crippen molar-refractivity contribution in [2.45, 2.75) is 6.54 Å². The van der Waals surface area contributed by atoms with E-state index >= 15 is 0 Å². The Morgan fingerprint density at radius 2 is 2.10 bits per heavy atom. The Balaban J connectivity index is 0.00000161. The molecule has 0 atom stereocenters. The van der Waals surface area contributed by atoms with E-state index in [0.717, 1.165) is 28.1 Å². The number of fused-ring (bicyclic) bond motifs is 1. The number of nitrogens with two attached hydrogens (primary N) is 1. The van der Waals surface area contributed by atoms with Crippen LogP contribution in [0, 0.1) is 5.82 Å². The van der Waals surface area contributed by atoms with E-state index in [1.54, 1.807) is 23.5 Å². The maximum atomic E-state index is 13.1. The zero-order chi connectivity index (χ0) is 13.9. The van der Waals surface area contributed by atoms with Crippen LogP contribution in [0.25, 0.3) is 10.1 Å². The summed E-state index contributed by atoms with van der Waals surface area (Å²) in [5.41, 5.74) is 5.98. The minimum atomic E-state index is -0.210. The number of ether oxygens (including phenoxy) is 1. The molecule has 1 saturated heterocycles. The van der Waals surface area contributed by atoms with Crippen LogP contribution < -0.4 is 5.73 Å². The van der Waals surface area contributed by atoms with E-state index in [1.165, 1.54) is 6.07 Å². The molecule has 1 aromatic heterocycles. The molecule has 21 heavy (non-hydrogen) atoms. The summed E-state index contributed by atoms with van der Waals surface area (Å²) < 4.78 is 19.5. The van der Waals surface area contributed by atoms with E-state index in [-0.39, 0.29) is 29.8 Å². The third-order valence-corrected chi connectivity index (χ3v) is 4.36. The van der Waals surface area contributed by atoms with Gasteiger partial charge in [0, 0.05) is 22.7 Å². The lowest BCUT2D eigenvalue weighted by Gasteiger charge is -2.27. The Bertz CT molecular complexity index is 640. The van der Waals surface area contributed by atoms with Gasteiger partial charge in [0.05, 0.1) is 19.8 Å². The zero-order valence-corrected chi connectivity index (χ0v) is 14.6. The molecule has 4 nitrogen and oxygen atoms in total. The minimum absolute atomic E-state index is 0. The van der Waals surface area contributed by atoms with Crippen molar-refractivity contribution in [3.05, 3.63) is 35.0 Å². The molecule has 2 heterocycles. The second-order valence-electron chi connectivity index (χ2n) is 4.67. The van der Waals surface area contributed by atoms with Crippen molar-refractivity contribution in [2.75, 3.05) is 26.3 Å². The molecule has 7 heteroatoms. The highest BCUT2D eigenvalue weighted by Crippen LogP contribution is 2.26. The van der Waals surface area contributed by atoms with Gasteiger partial charge in [-0.25, -0.2) is 9.38 Å². The molecular formula is C14H17FIN3OS. The summed E-state index contributed by atoms with van der Waals surface area (Å²) in [5.74, 6) is 0.343. The van der Waals surface area contributed by atoms with E-state index in [1.807, 2.05) is 11.0 Å². The number of rotatable bonds is 2. The Hall–Kier alpha value is -0.930. The third-order valence-electron chi connectivity index (χ3n) is 3.26. The first kappa shape index (κ1) is 16.4. The maximum absolute atomic E-state index is 13.1. The Kier molecular flexibility index (Phi) is 5.77. The quantitative estimate of drug-likeness (QED) is 0.461. The van der Waals surface area contributed by atoms with Gasteiger partial charge in [0.1, 0.15) is 5.82 Å². The summed E-state index contributed by atoms with van der Waals surface area (Å²) >= 11 is 1.62. The van der Waals surface area contributed by atoms with E-state index in [0.29, 0.717) is 25.7 Å². The van der Waals surface area contributed by atoms with Crippen LogP contribution in [0.4, 0.5) is 4.39 Å². The fourth-order valence-corrected chi connectivity index (χ4v) is 3.17. The molecule has 1 aliphatic heterocycles. The molecule has 0 bridgehead atoms. The lowest BCUT2D eigenvalue weighted by molar-refractivity contribution is 0.0674. The number of benzene rings is 1. The van der Waals surface area contributed by atoms with Crippen LogP contribution in [-0.4, -0.2) is 37.2 Å². The molecule has 2 N–H and O–H groups in total. The largest absolute Gasteiger partial charge is 0.378 e. The molecule has 0 spiro atoms. The standard InChI is InChI=1S/C14H16FN3OS.HI/c15-11-1-2-13-10(7-11)8-12(20-13)9-17-14(16)18-3-5-19-6-4-18;/h1-2,7-8H,3-6,9H2,(H2,16,17);1H.